The van der Waals surface area contributed by atoms with Gasteiger partial charge >= 0.3 is 0 Å². The van der Waals surface area contributed by atoms with Gasteiger partial charge < -0.3 is 10.4 Å². The van der Waals surface area contributed by atoms with Crippen molar-refractivity contribution in [1.29, 1.82) is 0 Å². The largest absolute Gasteiger partial charge is 0.392 e. The van der Waals surface area contributed by atoms with E-state index in [4.69, 9.17) is 0 Å². The predicted molar refractivity (Wildman–Crippen MR) is 76.3 cm³/mol. The Morgan fingerprint density at radius 3 is 2.78 bits per heavy atom. The lowest BCUT2D eigenvalue weighted by molar-refractivity contribution is -0.113. The molecule has 1 amide bonds. The molecule has 0 aliphatic heterocycles. The highest BCUT2D eigenvalue weighted by molar-refractivity contribution is 9.10. The summed E-state index contributed by atoms with van der Waals surface area (Å²) in [5.41, 5.74) is 0.161. The zero-order valence-corrected chi connectivity index (χ0v) is 12.5. The van der Waals surface area contributed by atoms with Crippen molar-refractivity contribution in [2.24, 2.45) is 0 Å². The van der Waals surface area contributed by atoms with E-state index in [0.29, 0.717) is 4.47 Å². The Kier molecular flexibility index (Phi) is 6.11. The summed E-state index contributed by atoms with van der Waals surface area (Å²) in [6, 6.07) is 4.45. The molecule has 100 valence electrons. The molecule has 2 atom stereocenters. The van der Waals surface area contributed by atoms with Crippen molar-refractivity contribution in [3.8, 4) is 0 Å². The fourth-order valence-corrected chi connectivity index (χ4v) is 2.22. The molecule has 0 fully saturated rings. The van der Waals surface area contributed by atoms with Gasteiger partial charge in [-0.25, -0.2) is 4.39 Å². The van der Waals surface area contributed by atoms with Gasteiger partial charge in [-0.3, -0.25) is 4.79 Å². The van der Waals surface area contributed by atoms with Gasteiger partial charge in [0.2, 0.25) is 5.91 Å². The first kappa shape index (κ1) is 15.5. The van der Waals surface area contributed by atoms with Crippen molar-refractivity contribution in [1.82, 2.24) is 0 Å². The summed E-state index contributed by atoms with van der Waals surface area (Å²) in [4.78, 5) is 11.6. The molecule has 0 aromatic heterocycles. The maximum Gasteiger partial charge on any atom is 0.234 e. The quantitative estimate of drug-likeness (QED) is 0.869. The number of rotatable bonds is 5. The minimum Gasteiger partial charge on any atom is -0.392 e. The molecule has 0 bridgehead atoms. The number of carbonyl (C=O) groups excluding carboxylic acids is 1. The van der Waals surface area contributed by atoms with Gasteiger partial charge in [0.1, 0.15) is 5.82 Å². The number of hydrogen-bond donors (Lipinski definition) is 2. The Morgan fingerprint density at radius 2 is 2.22 bits per heavy atom. The van der Waals surface area contributed by atoms with Crippen LogP contribution in [0.2, 0.25) is 0 Å². The van der Waals surface area contributed by atoms with Crippen LogP contribution in [0.4, 0.5) is 10.1 Å². The molecule has 0 saturated heterocycles. The number of aliphatic hydroxyl groups excluding tert-OH is 1. The number of halogens is 2. The minimum absolute atomic E-state index is 0.0366. The number of carbonyl (C=O) groups is 1. The summed E-state index contributed by atoms with van der Waals surface area (Å²) in [5.74, 6) is -0.582. The van der Waals surface area contributed by atoms with E-state index in [-0.39, 0.29) is 22.6 Å². The third kappa shape index (κ3) is 4.96. The van der Waals surface area contributed by atoms with Crippen molar-refractivity contribution in [3.05, 3.63) is 28.5 Å². The van der Waals surface area contributed by atoms with Crippen molar-refractivity contribution >= 4 is 39.3 Å². The van der Waals surface area contributed by atoms with Crippen LogP contribution in [0, 0.1) is 5.82 Å². The smallest absolute Gasteiger partial charge is 0.234 e. The van der Waals surface area contributed by atoms with Crippen LogP contribution in [0.15, 0.2) is 22.7 Å². The monoisotopic (exact) mass is 335 g/mol. The number of anilines is 1. The number of hydrogen-bond acceptors (Lipinski definition) is 3. The number of benzene rings is 1. The Labute approximate surface area is 118 Å². The standard InChI is InChI=1S/C12H15BrFNO2S/c1-7(16)8(2)18-6-12(17)15-11-4-3-9(13)5-10(11)14/h3-5,7-8,16H,6H2,1-2H3,(H,15,17). The number of nitrogens with one attached hydrogen (secondary N) is 1. The van der Waals surface area contributed by atoms with Crippen LogP contribution in [0.5, 0.6) is 0 Å². The molecule has 6 heteroatoms. The van der Waals surface area contributed by atoms with E-state index in [2.05, 4.69) is 21.2 Å². The average molecular weight is 336 g/mol. The fourth-order valence-electron chi connectivity index (χ4n) is 1.12. The molecule has 0 radical (unpaired) electrons. The molecular formula is C12H15BrFNO2S. The summed E-state index contributed by atoms with van der Waals surface area (Å²) < 4.78 is 14.1. The molecular weight excluding hydrogens is 321 g/mol. The maximum absolute atomic E-state index is 13.4. The van der Waals surface area contributed by atoms with Crippen LogP contribution in [0.3, 0.4) is 0 Å². The minimum atomic E-state index is -0.480. The Morgan fingerprint density at radius 1 is 1.56 bits per heavy atom. The van der Waals surface area contributed by atoms with Crippen molar-refractivity contribution in [2.75, 3.05) is 11.1 Å². The van der Waals surface area contributed by atoms with Gasteiger partial charge in [0.15, 0.2) is 0 Å². The lowest BCUT2D eigenvalue weighted by atomic mass is 10.3. The third-order valence-corrected chi connectivity index (χ3v) is 4.20. The molecule has 0 spiro atoms. The molecule has 3 nitrogen and oxygen atoms in total. The molecule has 0 saturated carbocycles. The van der Waals surface area contributed by atoms with Gasteiger partial charge in [0.05, 0.1) is 17.5 Å². The summed E-state index contributed by atoms with van der Waals surface area (Å²) in [5, 5.41) is 11.7. The summed E-state index contributed by atoms with van der Waals surface area (Å²) in [6.45, 7) is 3.51. The average Bonchev–Trinajstić information content (AvgIpc) is 2.29. The van der Waals surface area contributed by atoms with Crippen LogP contribution in [0.25, 0.3) is 0 Å². The van der Waals surface area contributed by atoms with E-state index in [1.54, 1.807) is 13.0 Å². The second-order valence-corrected chi connectivity index (χ2v) is 6.21. The molecule has 1 aromatic carbocycles. The van der Waals surface area contributed by atoms with E-state index in [1.807, 2.05) is 6.92 Å². The predicted octanol–water partition coefficient (Wildman–Crippen LogP) is 3.03. The van der Waals surface area contributed by atoms with E-state index >= 15 is 0 Å². The van der Waals surface area contributed by atoms with Gasteiger partial charge in [-0.15, -0.1) is 11.8 Å². The van der Waals surface area contributed by atoms with Gasteiger partial charge in [0.25, 0.3) is 0 Å². The highest BCUT2D eigenvalue weighted by Crippen LogP contribution is 2.20. The molecule has 2 unspecified atom stereocenters. The second kappa shape index (κ2) is 7.11. The van der Waals surface area contributed by atoms with Crippen LogP contribution in [0.1, 0.15) is 13.8 Å². The molecule has 1 aromatic rings. The normalized spacial score (nSPS) is 14.1. The highest BCUT2D eigenvalue weighted by Gasteiger charge is 2.13. The maximum atomic E-state index is 13.4. The van der Waals surface area contributed by atoms with Crippen LogP contribution in [-0.2, 0) is 4.79 Å². The molecule has 0 aliphatic carbocycles. The summed E-state index contributed by atoms with van der Waals surface area (Å²) in [6.07, 6.45) is -0.479. The van der Waals surface area contributed by atoms with Gasteiger partial charge in [-0.05, 0) is 25.1 Å². The van der Waals surface area contributed by atoms with Crippen molar-refractivity contribution in [2.45, 2.75) is 25.2 Å². The Balaban J connectivity index is 2.50. The first-order chi connectivity index (χ1) is 8.40. The number of thioether (sulfide) groups is 1. The fraction of sp³-hybridized carbons (Fsp3) is 0.417. The molecule has 0 heterocycles. The Bertz CT molecular complexity index is 429. The lowest BCUT2D eigenvalue weighted by Gasteiger charge is -2.13. The topological polar surface area (TPSA) is 49.3 Å². The van der Waals surface area contributed by atoms with Crippen LogP contribution < -0.4 is 5.32 Å². The lowest BCUT2D eigenvalue weighted by Crippen LogP contribution is -2.21. The van der Waals surface area contributed by atoms with Gasteiger partial charge in [0, 0.05) is 9.72 Å². The molecule has 18 heavy (non-hydrogen) atoms. The highest BCUT2D eigenvalue weighted by atomic mass is 79.9. The molecule has 1 rings (SSSR count). The first-order valence-electron chi connectivity index (χ1n) is 5.44. The van der Waals surface area contributed by atoms with Crippen LogP contribution in [-0.4, -0.2) is 28.1 Å². The zero-order valence-electron chi connectivity index (χ0n) is 10.1. The third-order valence-electron chi connectivity index (χ3n) is 2.36. The van der Waals surface area contributed by atoms with Gasteiger partial charge in [-0.1, -0.05) is 22.9 Å². The van der Waals surface area contributed by atoms with E-state index in [9.17, 15) is 14.3 Å². The van der Waals surface area contributed by atoms with Crippen LogP contribution >= 0.6 is 27.7 Å². The molecule has 0 aliphatic rings. The van der Waals surface area contributed by atoms with Crippen molar-refractivity contribution < 1.29 is 14.3 Å². The SMILES string of the molecule is CC(O)C(C)SCC(=O)Nc1ccc(Br)cc1F. The number of aliphatic hydroxyl groups is 1. The summed E-state index contributed by atoms with van der Waals surface area (Å²) in [7, 11) is 0. The first-order valence-corrected chi connectivity index (χ1v) is 7.29. The zero-order chi connectivity index (χ0) is 13.7. The van der Waals surface area contributed by atoms with E-state index in [0.717, 1.165) is 0 Å². The van der Waals surface area contributed by atoms with E-state index < -0.39 is 11.9 Å². The molecule has 2 N–H and O–H groups in total. The summed E-state index contributed by atoms with van der Waals surface area (Å²) >= 11 is 4.47. The van der Waals surface area contributed by atoms with Crippen molar-refractivity contribution in [3.63, 3.8) is 0 Å². The number of amides is 1. The van der Waals surface area contributed by atoms with Gasteiger partial charge in [-0.2, -0.15) is 0 Å². The van der Waals surface area contributed by atoms with E-state index in [1.165, 1.54) is 23.9 Å². The second-order valence-electron chi connectivity index (χ2n) is 3.93. The Hall–Kier alpha value is -0.590.